The molecule has 0 saturated heterocycles. The number of sulfonamides is 1. The van der Waals surface area contributed by atoms with Gasteiger partial charge in [-0.25, -0.2) is 17.4 Å². The molecule has 0 unspecified atom stereocenters. The number of methoxy groups -OCH3 is 1. The number of nitrogens with one attached hydrogen (secondary N) is 1. The lowest BCUT2D eigenvalue weighted by atomic mass is 10.2. The lowest BCUT2D eigenvalue weighted by Gasteiger charge is -2.12. The molecule has 8 heteroatoms. The van der Waals surface area contributed by atoms with Gasteiger partial charge < -0.3 is 10.1 Å². The van der Waals surface area contributed by atoms with Crippen molar-refractivity contribution in [3.8, 4) is 5.88 Å². The third-order valence-corrected chi connectivity index (χ3v) is 5.64. The Labute approximate surface area is 143 Å². The molecule has 7 nitrogen and oxygen atoms in total. The molecule has 0 radical (unpaired) electrons. The van der Waals surface area contributed by atoms with Gasteiger partial charge in [0.25, 0.3) is 0 Å². The van der Waals surface area contributed by atoms with Crippen LogP contribution in [0, 0.1) is 6.92 Å². The number of nitrogens with zero attached hydrogens (tertiary/aromatic N) is 3. The van der Waals surface area contributed by atoms with E-state index in [1.807, 2.05) is 26.1 Å². The minimum Gasteiger partial charge on any atom is -0.481 e. The third kappa shape index (κ3) is 3.77. The van der Waals surface area contributed by atoms with Gasteiger partial charge in [0.05, 0.1) is 23.3 Å². The van der Waals surface area contributed by atoms with Gasteiger partial charge in [-0.1, -0.05) is 12.1 Å². The molecule has 0 bridgehead atoms. The van der Waals surface area contributed by atoms with Crippen LogP contribution >= 0.6 is 0 Å². The minimum atomic E-state index is -3.38. The summed E-state index contributed by atoms with van der Waals surface area (Å²) < 4.78 is 32.4. The van der Waals surface area contributed by atoms with Crippen molar-refractivity contribution >= 4 is 10.0 Å². The molecule has 0 aliphatic rings. The summed E-state index contributed by atoms with van der Waals surface area (Å²) in [5.41, 5.74) is 2.95. The Morgan fingerprint density at radius 3 is 2.38 bits per heavy atom. The van der Waals surface area contributed by atoms with Gasteiger partial charge in [0.2, 0.25) is 15.9 Å². The zero-order valence-corrected chi connectivity index (χ0v) is 15.5. The van der Waals surface area contributed by atoms with Crippen LogP contribution in [0.3, 0.4) is 0 Å². The largest absolute Gasteiger partial charge is 0.481 e. The van der Waals surface area contributed by atoms with Crippen molar-refractivity contribution in [2.75, 3.05) is 21.2 Å². The van der Waals surface area contributed by atoms with Gasteiger partial charge in [0, 0.05) is 34.2 Å². The Morgan fingerprint density at radius 2 is 1.83 bits per heavy atom. The number of hydrogen-bond donors (Lipinski definition) is 1. The van der Waals surface area contributed by atoms with E-state index in [0.29, 0.717) is 18.0 Å². The van der Waals surface area contributed by atoms with Crippen LogP contribution in [-0.2, 0) is 30.2 Å². The molecular formula is C16H24N4O3S. The van der Waals surface area contributed by atoms with Crippen molar-refractivity contribution in [3.63, 3.8) is 0 Å². The SMILES string of the molecule is COc1c(CNCc2ccc(S(=O)(=O)N(C)C)cc2)c(C)nn1C. The first-order valence-corrected chi connectivity index (χ1v) is 9.00. The maximum absolute atomic E-state index is 12.0. The minimum absolute atomic E-state index is 0.293. The molecule has 0 spiro atoms. The standard InChI is InChI=1S/C16H24N4O3S/c1-12-15(16(23-5)20(4)18-12)11-17-10-13-6-8-14(9-7-13)24(21,22)19(2)3/h6-9,17H,10-11H2,1-5H3. The van der Waals surface area contributed by atoms with Gasteiger partial charge in [-0.2, -0.15) is 5.10 Å². The number of rotatable bonds is 7. The molecule has 1 N–H and O–H groups in total. The topological polar surface area (TPSA) is 76.5 Å². The lowest BCUT2D eigenvalue weighted by Crippen LogP contribution is -2.22. The summed E-state index contributed by atoms with van der Waals surface area (Å²) in [6.45, 7) is 3.20. The maximum atomic E-state index is 12.0. The predicted octanol–water partition coefficient (Wildman–Crippen LogP) is 1.28. The van der Waals surface area contributed by atoms with Gasteiger partial charge in [-0.15, -0.1) is 0 Å². The molecule has 1 aromatic heterocycles. The number of aromatic nitrogens is 2. The summed E-state index contributed by atoms with van der Waals surface area (Å²) >= 11 is 0. The van der Waals surface area contributed by atoms with Gasteiger partial charge in [0.15, 0.2) is 0 Å². The smallest absolute Gasteiger partial charge is 0.242 e. The summed E-state index contributed by atoms with van der Waals surface area (Å²) in [7, 11) is 3.14. The molecular weight excluding hydrogens is 328 g/mol. The van der Waals surface area contributed by atoms with Crippen LogP contribution in [-0.4, -0.2) is 43.7 Å². The van der Waals surface area contributed by atoms with Gasteiger partial charge in [0.1, 0.15) is 0 Å². The van der Waals surface area contributed by atoms with E-state index in [2.05, 4.69) is 10.4 Å². The number of ether oxygens (including phenoxy) is 1. The van der Waals surface area contributed by atoms with Crippen LogP contribution in [0.4, 0.5) is 0 Å². The van der Waals surface area contributed by atoms with Crippen molar-refractivity contribution in [1.29, 1.82) is 0 Å². The van der Waals surface area contributed by atoms with E-state index in [1.54, 1.807) is 23.9 Å². The Hall–Kier alpha value is -1.90. The van der Waals surface area contributed by atoms with E-state index in [4.69, 9.17) is 4.74 Å². The first kappa shape index (κ1) is 18.4. The number of hydrogen-bond acceptors (Lipinski definition) is 5. The molecule has 2 aromatic rings. The molecule has 0 aliphatic heterocycles. The van der Waals surface area contributed by atoms with Crippen molar-refractivity contribution < 1.29 is 13.2 Å². The second-order valence-electron chi connectivity index (χ2n) is 5.73. The molecule has 1 aromatic carbocycles. The summed E-state index contributed by atoms with van der Waals surface area (Å²) in [4.78, 5) is 0.293. The van der Waals surface area contributed by atoms with Crippen LogP contribution in [0.15, 0.2) is 29.2 Å². The number of benzene rings is 1. The van der Waals surface area contributed by atoms with Crippen LogP contribution in [0.5, 0.6) is 5.88 Å². The first-order valence-electron chi connectivity index (χ1n) is 7.56. The van der Waals surface area contributed by atoms with Gasteiger partial charge in [-0.05, 0) is 24.6 Å². The predicted molar refractivity (Wildman–Crippen MR) is 92.4 cm³/mol. The maximum Gasteiger partial charge on any atom is 0.242 e. The highest BCUT2D eigenvalue weighted by molar-refractivity contribution is 7.89. The first-order chi connectivity index (χ1) is 11.3. The van der Waals surface area contributed by atoms with E-state index in [0.717, 1.165) is 22.7 Å². The van der Waals surface area contributed by atoms with Crippen LogP contribution in [0.25, 0.3) is 0 Å². The zero-order valence-electron chi connectivity index (χ0n) is 14.7. The normalized spacial score (nSPS) is 11.9. The average Bonchev–Trinajstić information content (AvgIpc) is 2.81. The lowest BCUT2D eigenvalue weighted by molar-refractivity contribution is 0.368. The summed E-state index contributed by atoms with van der Waals surface area (Å²) in [6.07, 6.45) is 0. The molecule has 0 aliphatic carbocycles. The van der Waals surface area contributed by atoms with Crippen molar-refractivity contribution in [2.24, 2.45) is 7.05 Å². The second-order valence-corrected chi connectivity index (χ2v) is 7.88. The summed E-state index contributed by atoms with van der Waals surface area (Å²) in [5.74, 6) is 0.743. The van der Waals surface area contributed by atoms with Gasteiger partial charge in [-0.3, -0.25) is 0 Å². The molecule has 132 valence electrons. The van der Waals surface area contributed by atoms with E-state index in [9.17, 15) is 8.42 Å². The molecule has 0 fully saturated rings. The molecule has 24 heavy (non-hydrogen) atoms. The summed E-state index contributed by atoms with van der Waals surface area (Å²) in [5, 5.41) is 7.68. The Kier molecular flexibility index (Phi) is 5.63. The van der Waals surface area contributed by atoms with Crippen LogP contribution in [0.1, 0.15) is 16.8 Å². The quantitative estimate of drug-likeness (QED) is 0.812. The van der Waals surface area contributed by atoms with E-state index in [1.165, 1.54) is 18.4 Å². The number of aryl methyl sites for hydroxylation is 2. The van der Waals surface area contributed by atoms with E-state index in [-0.39, 0.29) is 0 Å². The fourth-order valence-corrected chi connectivity index (χ4v) is 3.36. The average molecular weight is 352 g/mol. The highest BCUT2D eigenvalue weighted by Gasteiger charge is 2.16. The van der Waals surface area contributed by atoms with E-state index >= 15 is 0 Å². The highest BCUT2D eigenvalue weighted by Crippen LogP contribution is 2.20. The van der Waals surface area contributed by atoms with Crippen LogP contribution < -0.4 is 10.1 Å². The van der Waals surface area contributed by atoms with Crippen molar-refractivity contribution in [3.05, 3.63) is 41.1 Å². The highest BCUT2D eigenvalue weighted by atomic mass is 32.2. The molecule has 2 rings (SSSR count). The fourth-order valence-electron chi connectivity index (χ4n) is 2.46. The van der Waals surface area contributed by atoms with Crippen LogP contribution in [0.2, 0.25) is 0 Å². The monoisotopic (exact) mass is 352 g/mol. The second kappa shape index (κ2) is 7.33. The Balaban J connectivity index is 2.01. The molecule has 0 saturated carbocycles. The van der Waals surface area contributed by atoms with Gasteiger partial charge >= 0.3 is 0 Å². The fraction of sp³-hybridized carbons (Fsp3) is 0.438. The molecule has 1 heterocycles. The third-order valence-electron chi connectivity index (χ3n) is 3.81. The molecule has 0 atom stereocenters. The Morgan fingerprint density at radius 1 is 1.21 bits per heavy atom. The van der Waals surface area contributed by atoms with Crippen molar-refractivity contribution in [2.45, 2.75) is 24.9 Å². The Bertz CT molecular complexity index is 795. The van der Waals surface area contributed by atoms with E-state index < -0.39 is 10.0 Å². The van der Waals surface area contributed by atoms with Crippen molar-refractivity contribution in [1.82, 2.24) is 19.4 Å². The molecule has 0 amide bonds. The zero-order chi connectivity index (χ0) is 17.9. The summed E-state index contributed by atoms with van der Waals surface area (Å²) in [6, 6.07) is 6.89.